The predicted molar refractivity (Wildman–Crippen MR) is 66.6 cm³/mol. The van der Waals surface area contributed by atoms with Gasteiger partial charge in [-0.1, -0.05) is 15.9 Å². The van der Waals surface area contributed by atoms with Gasteiger partial charge in [0.15, 0.2) is 11.5 Å². The van der Waals surface area contributed by atoms with Crippen LogP contribution in [0.25, 0.3) is 11.1 Å². The van der Waals surface area contributed by atoms with E-state index in [9.17, 15) is 0 Å². The van der Waals surface area contributed by atoms with E-state index in [1.165, 1.54) is 12.8 Å². The Morgan fingerprint density at radius 1 is 1.44 bits per heavy atom. The standard InChI is InChI=1S/C12H13BrN2O/c13-9-3-4-11-10(6-9)15-12(16-11)8-2-1-5-14-7-8/h3-4,6,8,14H,1-2,5,7H2/t8-/m0/s1. The Hall–Kier alpha value is -0.870. The molecule has 0 saturated carbocycles. The number of fused-ring (bicyclic) bond motifs is 1. The maximum absolute atomic E-state index is 5.79. The van der Waals surface area contributed by atoms with Gasteiger partial charge < -0.3 is 9.73 Å². The minimum Gasteiger partial charge on any atom is -0.440 e. The van der Waals surface area contributed by atoms with Crippen molar-refractivity contribution < 1.29 is 4.42 Å². The van der Waals surface area contributed by atoms with Gasteiger partial charge in [0.2, 0.25) is 0 Å². The molecule has 1 fully saturated rings. The van der Waals surface area contributed by atoms with Crippen LogP contribution < -0.4 is 5.32 Å². The van der Waals surface area contributed by atoms with E-state index in [1.807, 2.05) is 18.2 Å². The number of aromatic nitrogens is 1. The largest absolute Gasteiger partial charge is 0.440 e. The lowest BCUT2D eigenvalue weighted by Gasteiger charge is -2.19. The third kappa shape index (κ3) is 1.87. The summed E-state index contributed by atoms with van der Waals surface area (Å²) in [6.07, 6.45) is 2.37. The van der Waals surface area contributed by atoms with Gasteiger partial charge in [0.05, 0.1) is 0 Å². The zero-order valence-electron chi connectivity index (χ0n) is 8.87. The van der Waals surface area contributed by atoms with Gasteiger partial charge in [-0.15, -0.1) is 0 Å². The minimum atomic E-state index is 0.430. The third-order valence-electron chi connectivity index (χ3n) is 3.01. The van der Waals surface area contributed by atoms with Crippen molar-refractivity contribution in [1.82, 2.24) is 10.3 Å². The maximum Gasteiger partial charge on any atom is 0.199 e. The summed E-state index contributed by atoms with van der Waals surface area (Å²) in [6.45, 7) is 2.09. The molecular weight excluding hydrogens is 268 g/mol. The second-order valence-corrected chi connectivity index (χ2v) is 5.12. The molecule has 1 N–H and O–H groups in total. The fourth-order valence-corrected chi connectivity index (χ4v) is 2.50. The van der Waals surface area contributed by atoms with E-state index in [4.69, 9.17) is 4.42 Å². The number of hydrogen-bond acceptors (Lipinski definition) is 3. The fraction of sp³-hybridized carbons (Fsp3) is 0.417. The van der Waals surface area contributed by atoms with Crippen LogP contribution >= 0.6 is 15.9 Å². The van der Waals surface area contributed by atoms with Crippen molar-refractivity contribution in [3.05, 3.63) is 28.6 Å². The SMILES string of the molecule is Brc1ccc2oc([C@H]3CCCNC3)nc2c1. The van der Waals surface area contributed by atoms with Crippen molar-refractivity contribution >= 4 is 27.0 Å². The Balaban J connectivity index is 1.97. The molecular formula is C12H13BrN2O. The van der Waals surface area contributed by atoms with Gasteiger partial charge in [-0.05, 0) is 37.6 Å². The summed E-state index contributed by atoms with van der Waals surface area (Å²) in [5.41, 5.74) is 1.82. The van der Waals surface area contributed by atoms with Crippen molar-refractivity contribution in [1.29, 1.82) is 0 Å². The summed E-state index contributed by atoms with van der Waals surface area (Å²) in [5, 5.41) is 3.38. The van der Waals surface area contributed by atoms with Crippen molar-refractivity contribution in [2.24, 2.45) is 0 Å². The zero-order chi connectivity index (χ0) is 11.0. The first-order valence-electron chi connectivity index (χ1n) is 5.59. The molecule has 1 saturated heterocycles. The van der Waals surface area contributed by atoms with Crippen LogP contribution in [0.3, 0.4) is 0 Å². The highest BCUT2D eigenvalue weighted by Gasteiger charge is 2.20. The molecule has 1 aliphatic heterocycles. The van der Waals surface area contributed by atoms with E-state index >= 15 is 0 Å². The molecule has 16 heavy (non-hydrogen) atoms. The van der Waals surface area contributed by atoms with E-state index in [1.54, 1.807) is 0 Å². The average molecular weight is 281 g/mol. The molecule has 0 spiro atoms. The van der Waals surface area contributed by atoms with E-state index < -0.39 is 0 Å². The molecule has 3 nitrogen and oxygen atoms in total. The number of hydrogen-bond donors (Lipinski definition) is 1. The van der Waals surface area contributed by atoms with Crippen molar-refractivity contribution in [3.63, 3.8) is 0 Å². The number of halogens is 1. The molecule has 1 aromatic heterocycles. The number of benzene rings is 1. The minimum absolute atomic E-state index is 0.430. The average Bonchev–Trinajstić information content (AvgIpc) is 2.73. The van der Waals surface area contributed by atoms with Gasteiger partial charge in [0.25, 0.3) is 0 Å². The molecule has 1 aromatic carbocycles. The van der Waals surface area contributed by atoms with Gasteiger partial charge >= 0.3 is 0 Å². The molecule has 1 atom stereocenters. The number of nitrogens with zero attached hydrogens (tertiary/aromatic N) is 1. The Bertz CT molecular complexity index is 503. The Kier molecular flexibility index (Phi) is 2.69. The quantitative estimate of drug-likeness (QED) is 0.873. The number of oxazole rings is 1. The fourth-order valence-electron chi connectivity index (χ4n) is 2.16. The first kappa shape index (κ1) is 10.3. The van der Waals surface area contributed by atoms with Crippen molar-refractivity contribution in [3.8, 4) is 0 Å². The second-order valence-electron chi connectivity index (χ2n) is 4.21. The topological polar surface area (TPSA) is 38.1 Å². The lowest BCUT2D eigenvalue weighted by atomic mass is 10.00. The van der Waals surface area contributed by atoms with Gasteiger partial charge in [-0.25, -0.2) is 4.98 Å². The predicted octanol–water partition coefficient (Wildman–Crippen LogP) is 3.06. The van der Waals surface area contributed by atoms with Gasteiger partial charge in [0, 0.05) is 16.9 Å². The Morgan fingerprint density at radius 2 is 2.38 bits per heavy atom. The summed E-state index contributed by atoms with van der Waals surface area (Å²) in [4.78, 5) is 4.56. The summed E-state index contributed by atoms with van der Waals surface area (Å²) in [6, 6.07) is 5.95. The van der Waals surface area contributed by atoms with Crippen LogP contribution in [-0.4, -0.2) is 18.1 Å². The van der Waals surface area contributed by atoms with Crippen molar-refractivity contribution in [2.45, 2.75) is 18.8 Å². The molecule has 0 radical (unpaired) electrons. The second kappa shape index (κ2) is 4.18. The molecule has 4 heteroatoms. The first-order chi connectivity index (χ1) is 7.83. The lowest BCUT2D eigenvalue weighted by Crippen LogP contribution is -2.28. The van der Waals surface area contributed by atoms with E-state index in [2.05, 4.69) is 26.2 Å². The summed E-state index contributed by atoms with van der Waals surface area (Å²) < 4.78 is 6.83. The molecule has 3 rings (SSSR count). The van der Waals surface area contributed by atoms with Gasteiger partial charge in [-0.3, -0.25) is 0 Å². The van der Waals surface area contributed by atoms with Crippen LogP contribution in [0.5, 0.6) is 0 Å². The molecule has 2 heterocycles. The van der Waals surface area contributed by atoms with E-state index in [-0.39, 0.29) is 0 Å². The molecule has 0 unspecified atom stereocenters. The number of nitrogens with one attached hydrogen (secondary N) is 1. The first-order valence-corrected chi connectivity index (χ1v) is 6.39. The number of rotatable bonds is 1. The number of piperidine rings is 1. The summed E-state index contributed by atoms with van der Waals surface area (Å²) in [7, 11) is 0. The highest BCUT2D eigenvalue weighted by atomic mass is 79.9. The summed E-state index contributed by atoms with van der Waals surface area (Å²) >= 11 is 3.44. The van der Waals surface area contributed by atoms with Crippen LogP contribution in [0, 0.1) is 0 Å². The molecule has 84 valence electrons. The van der Waals surface area contributed by atoms with E-state index in [0.29, 0.717) is 5.92 Å². The highest BCUT2D eigenvalue weighted by molar-refractivity contribution is 9.10. The lowest BCUT2D eigenvalue weighted by molar-refractivity contribution is 0.387. The van der Waals surface area contributed by atoms with Crippen LogP contribution in [0.1, 0.15) is 24.7 Å². The molecule has 2 aromatic rings. The molecule has 0 amide bonds. The third-order valence-corrected chi connectivity index (χ3v) is 3.51. The van der Waals surface area contributed by atoms with Crippen LogP contribution in [0.2, 0.25) is 0 Å². The monoisotopic (exact) mass is 280 g/mol. The van der Waals surface area contributed by atoms with Gasteiger partial charge in [0.1, 0.15) is 5.52 Å². The molecule has 1 aliphatic rings. The molecule has 0 bridgehead atoms. The van der Waals surface area contributed by atoms with Crippen LogP contribution in [0.15, 0.2) is 27.1 Å². The Morgan fingerprint density at radius 3 is 3.19 bits per heavy atom. The zero-order valence-corrected chi connectivity index (χ0v) is 10.5. The highest BCUT2D eigenvalue weighted by Crippen LogP contribution is 2.27. The van der Waals surface area contributed by atoms with Crippen molar-refractivity contribution in [2.75, 3.05) is 13.1 Å². The van der Waals surface area contributed by atoms with E-state index in [0.717, 1.165) is 34.6 Å². The smallest absolute Gasteiger partial charge is 0.199 e. The molecule has 0 aliphatic carbocycles. The summed E-state index contributed by atoms with van der Waals surface area (Å²) in [5.74, 6) is 1.31. The van der Waals surface area contributed by atoms with Gasteiger partial charge in [-0.2, -0.15) is 0 Å². The normalized spacial score (nSPS) is 21.4. The van der Waals surface area contributed by atoms with Crippen LogP contribution in [-0.2, 0) is 0 Å². The maximum atomic E-state index is 5.79. The van der Waals surface area contributed by atoms with Crippen LogP contribution in [0.4, 0.5) is 0 Å². The Labute approximate surface area is 102 Å².